The van der Waals surface area contributed by atoms with Crippen LogP contribution in [0.5, 0.6) is 5.75 Å². The van der Waals surface area contributed by atoms with Crippen LogP contribution in [-0.4, -0.2) is 22.4 Å². The average molecular weight is 251 g/mol. The summed E-state index contributed by atoms with van der Waals surface area (Å²) >= 11 is 0. The van der Waals surface area contributed by atoms with Crippen molar-refractivity contribution >= 4 is 0 Å². The van der Waals surface area contributed by atoms with Gasteiger partial charge in [-0.2, -0.15) is 0 Å². The predicted molar refractivity (Wildman–Crippen MR) is 74.8 cm³/mol. The zero-order valence-corrected chi connectivity index (χ0v) is 11.8. The van der Waals surface area contributed by atoms with E-state index in [-0.39, 0.29) is 6.04 Å². The standard InChI is InChI=1S/C15H25NO2/c1-5-15(18,6-2)10-16-12(4)13-9-11(3)7-8-14(13)17/h7-9,12,16-18H,5-6,10H2,1-4H3. The topological polar surface area (TPSA) is 52.5 Å². The Kier molecular flexibility index (Phi) is 5.17. The van der Waals surface area contributed by atoms with Crippen LogP contribution in [0.3, 0.4) is 0 Å². The summed E-state index contributed by atoms with van der Waals surface area (Å²) in [5.41, 5.74) is 1.34. The van der Waals surface area contributed by atoms with E-state index >= 15 is 0 Å². The molecule has 0 heterocycles. The molecule has 0 spiro atoms. The van der Waals surface area contributed by atoms with Crippen LogP contribution in [0, 0.1) is 6.92 Å². The van der Waals surface area contributed by atoms with E-state index in [0.29, 0.717) is 12.3 Å². The van der Waals surface area contributed by atoms with Crippen LogP contribution < -0.4 is 5.32 Å². The minimum Gasteiger partial charge on any atom is -0.508 e. The number of nitrogens with one attached hydrogen (secondary N) is 1. The number of hydrogen-bond acceptors (Lipinski definition) is 3. The number of phenolic OH excluding ortho intramolecular Hbond substituents is 1. The molecule has 3 nitrogen and oxygen atoms in total. The average Bonchev–Trinajstić information content (AvgIpc) is 2.38. The summed E-state index contributed by atoms with van der Waals surface area (Å²) in [4.78, 5) is 0. The number of aliphatic hydroxyl groups is 1. The third-order valence-electron chi connectivity index (χ3n) is 3.70. The quantitative estimate of drug-likeness (QED) is 0.728. The normalized spacial score (nSPS) is 13.6. The Morgan fingerprint density at radius 2 is 1.89 bits per heavy atom. The van der Waals surface area contributed by atoms with Crippen molar-refractivity contribution in [1.29, 1.82) is 0 Å². The molecule has 1 rings (SSSR count). The zero-order valence-electron chi connectivity index (χ0n) is 11.8. The van der Waals surface area contributed by atoms with Crippen molar-refractivity contribution in [2.75, 3.05) is 6.54 Å². The summed E-state index contributed by atoms with van der Waals surface area (Å²) in [6.07, 6.45) is 1.45. The van der Waals surface area contributed by atoms with Gasteiger partial charge in [0.1, 0.15) is 5.75 Å². The largest absolute Gasteiger partial charge is 0.508 e. The first-order chi connectivity index (χ1) is 8.41. The molecule has 3 N–H and O–H groups in total. The van der Waals surface area contributed by atoms with Crippen molar-refractivity contribution in [3.8, 4) is 5.75 Å². The molecule has 1 unspecified atom stereocenters. The first-order valence-electron chi connectivity index (χ1n) is 6.67. The van der Waals surface area contributed by atoms with Gasteiger partial charge in [0.05, 0.1) is 5.60 Å². The van der Waals surface area contributed by atoms with E-state index in [4.69, 9.17) is 0 Å². The SMILES string of the molecule is CCC(O)(CC)CNC(C)c1cc(C)ccc1O. The van der Waals surface area contributed by atoms with E-state index in [1.807, 2.05) is 39.8 Å². The minimum atomic E-state index is -0.659. The fraction of sp³-hybridized carbons (Fsp3) is 0.600. The van der Waals surface area contributed by atoms with Crippen molar-refractivity contribution in [3.63, 3.8) is 0 Å². The number of hydrogen-bond donors (Lipinski definition) is 3. The molecule has 0 aliphatic carbocycles. The number of phenols is 1. The van der Waals surface area contributed by atoms with Crippen molar-refractivity contribution < 1.29 is 10.2 Å². The lowest BCUT2D eigenvalue weighted by atomic mass is 9.96. The Bertz CT molecular complexity index is 386. The van der Waals surface area contributed by atoms with Gasteiger partial charge in [-0.1, -0.05) is 31.5 Å². The molecule has 1 atom stereocenters. The van der Waals surface area contributed by atoms with Gasteiger partial charge in [-0.25, -0.2) is 0 Å². The second-order valence-corrected chi connectivity index (χ2v) is 5.10. The van der Waals surface area contributed by atoms with E-state index in [1.165, 1.54) is 0 Å². The number of aryl methyl sites for hydroxylation is 1. The molecular formula is C15H25NO2. The van der Waals surface area contributed by atoms with Crippen molar-refractivity contribution in [1.82, 2.24) is 5.32 Å². The molecule has 0 saturated heterocycles. The minimum absolute atomic E-state index is 0.0227. The summed E-state index contributed by atoms with van der Waals surface area (Å²) in [7, 11) is 0. The van der Waals surface area contributed by atoms with Gasteiger partial charge in [-0.05, 0) is 32.8 Å². The molecule has 0 aromatic heterocycles. The maximum atomic E-state index is 10.2. The van der Waals surface area contributed by atoms with Crippen LogP contribution in [0.4, 0.5) is 0 Å². The predicted octanol–water partition coefficient (Wildman–Crippen LogP) is 2.90. The summed E-state index contributed by atoms with van der Waals surface area (Å²) < 4.78 is 0. The monoisotopic (exact) mass is 251 g/mol. The fourth-order valence-corrected chi connectivity index (χ4v) is 1.97. The lowest BCUT2D eigenvalue weighted by molar-refractivity contribution is 0.0302. The summed E-state index contributed by atoms with van der Waals surface area (Å²) in [6.45, 7) is 8.51. The zero-order chi connectivity index (χ0) is 13.8. The molecule has 3 heteroatoms. The summed E-state index contributed by atoms with van der Waals surface area (Å²) in [6, 6.07) is 5.60. The molecule has 0 radical (unpaired) electrons. The summed E-state index contributed by atoms with van der Waals surface area (Å²) in [5.74, 6) is 0.303. The fourth-order valence-electron chi connectivity index (χ4n) is 1.97. The maximum Gasteiger partial charge on any atom is 0.120 e. The molecule has 0 saturated carbocycles. The highest BCUT2D eigenvalue weighted by atomic mass is 16.3. The smallest absolute Gasteiger partial charge is 0.120 e. The van der Waals surface area contributed by atoms with Crippen LogP contribution in [0.2, 0.25) is 0 Å². The third kappa shape index (κ3) is 3.72. The van der Waals surface area contributed by atoms with E-state index in [1.54, 1.807) is 6.07 Å². The highest BCUT2D eigenvalue weighted by Gasteiger charge is 2.23. The first-order valence-corrected chi connectivity index (χ1v) is 6.67. The highest BCUT2D eigenvalue weighted by Crippen LogP contribution is 2.25. The number of aromatic hydroxyl groups is 1. The second-order valence-electron chi connectivity index (χ2n) is 5.10. The Balaban J connectivity index is 2.71. The van der Waals surface area contributed by atoms with Crippen LogP contribution in [-0.2, 0) is 0 Å². The lowest BCUT2D eigenvalue weighted by Crippen LogP contribution is -2.40. The number of rotatable bonds is 6. The molecular weight excluding hydrogens is 226 g/mol. The Labute approximate surface area is 110 Å². The second kappa shape index (κ2) is 6.21. The van der Waals surface area contributed by atoms with E-state index < -0.39 is 5.60 Å². The molecule has 18 heavy (non-hydrogen) atoms. The lowest BCUT2D eigenvalue weighted by Gasteiger charge is -2.28. The van der Waals surface area contributed by atoms with Gasteiger partial charge in [0.2, 0.25) is 0 Å². The Morgan fingerprint density at radius 3 is 2.44 bits per heavy atom. The molecule has 102 valence electrons. The Morgan fingerprint density at radius 1 is 1.28 bits per heavy atom. The van der Waals surface area contributed by atoms with Crippen LogP contribution >= 0.6 is 0 Å². The first kappa shape index (κ1) is 15.0. The summed E-state index contributed by atoms with van der Waals surface area (Å²) in [5, 5.41) is 23.4. The van der Waals surface area contributed by atoms with Gasteiger partial charge in [0, 0.05) is 18.2 Å². The van der Waals surface area contributed by atoms with Gasteiger partial charge in [0.25, 0.3) is 0 Å². The van der Waals surface area contributed by atoms with Crippen molar-refractivity contribution in [2.24, 2.45) is 0 Å². The van der Waals surface area contributed by atoms with Gasteiger partial charge in [-0.3, -0.25) is 0 Å². The molecule has 1 aromatic rings. The van der Waals surface area contributed by atoms with Gasteiger partial charge >= 0.3 is 0 Å². The molecule has 0 amide bonds. The molecule has 0 bridgehead atoms. The van der Waals surface area contributed by atoms with E-state index in [0.717, 1.165) is 24.0 Å². The van der Waals surface area contributed by atoms with Crippen LogP contribution in [0.15, 0.2) is 18.2 Å². The van der Waals surface area contributed by atoms with Crippen LogP contribution in [0.1, 0.15) is 50.8 Å². The van der Waals surface area contributed by atoms with Crippen molar-refractivity contribution in [3.05, 3.63) is 29.3 Å². The molecule has 1 aromatic carbocycles. The Hall–Kier alpha value is -1.06. The molecule has 0 aliphatic rings. The van der Waals surface area contributed by atoms with Crippen molar-refractivity contribution in [2.45, 2.75) is 52.2 Å². The van der Waals surface area contributed by atoms with Crippen LogP contribution in [0.25, 0.3) is 0 Å². The number of benzene rings is 1. The van der Waals surface area contributed by atoms with Gasteiger partial charge in [0.15, 0.2) is 0 Å². The third-order valence-corrected chi connectivity index (χ3v) is 3.70. The van der Waals surface area contributed by atoms with E-state index in [9.17, 15) is 10.2 Å². The van der Waals surface area contributed by atoms with Gasteiger partial charge in [-0.15, -0.1) is 0 Å². The maximum absolute atomic E-state index is 10.2. The molecule has 0 aliphatic heterocycles. The molecule has 0 fully saturated rings. The van der Waals surface area contributed by atoms with E-state index in [2.05, 4.69) is 5.32 Å². The highest BCUT2D eigenvalue weighted by molar-refractivity contribution is 5.37. The van der Waals surface area contributed by atoms with Gasteiger partial charge < -0.3 is 15.5 Å².